The molecule has 1 aromatic heterocycles. The van der Waals surface area contributed by atoms with Crippen molar-refractivity contribution in [2.24, 2.45) is 5.73 Å². The highest BCUT2D eigenvalue weighted by Gasteiger charge is 2.37. The minimum Gasteiger partial charge on any atom is -0.491 e. The molecule has 0 saturated carbocycles. The molecule has 0 bridgehead atoms. The van der Waals surface area contributed by atoms with Gasteiger partial charge in [-0.3, -0.25) is 4.79 Å². The second-order valence-electron chi connectivity index (χ2n) is 9.49. The van der Waals surface area contributed by atoms with Crippen molar-refractivity contribution < 1.29 is 31.9 Å². The smallest absolute Gasteiger partial charge is 0.250 e. The Morgan fingerprint density at radius 1 is 1.22 bits per heavy atom. The fourth-order valence-electron chi connectivity index (χ4n) is 3.72. The number of nitrogens with two attached hydrogens (primary N) is 1. The fourth-order valence-corrected chi connectivity index (χ4v) is 5.28. The van der Waals surface area contributed by atoms with Gasteiger partial charge in [-0.15, -0.1) is 10.2 Å². The standard InChI is InChI=1S/C24H27FN4O6S/c1-24(2,3)23-28-27-21(35-23)16-10-19-20(11-17(16)25)36(32,33)13-18(26)22(31)29(19)12-14-4-6-15(7-5-14)34-9-8-30/h4-7,10-11,18,30H,8-9,12-13,26H2,1-3H3/t18-/m0/s1. The number of anilines is 1. The van der Waals surface area contributed by atoms with Crippen molar-refractivity contribution in [3.63, 3.8) is 0 Å². The minimum absolute atomic E-state index is 0.0273. The van der Waals surface area contributed by atoms with Crippen molar-refractivity contribution in [2.75, 3.05) is 23.9 Å². The third-order valence-electron chi connectivity index (χ3n) is 5.58. The number of aliphatic hydroxyl groups excluding tert-OH is 1. The Hall–Kier alpha value is -3.35. The van der Waals surface area contributed by atoms with Gasteiger partial charge < -0.3 is 24.9 Å². The first kappa shape index (κ1) is 25.7. The van der Waals surface area contributed by atoms with Crippen LogP contribution in [0.15, 0.2) is 45.7 Å². The van der Waals surface area contributed by atoms with E-state index in [-0.39, 0.29) is 47.7 Å². The Kier molecular flexibility index (Phi) is 6.86. The van der Waals surface area contributed by atoms with Crippen LogP contribution < -0.4 is 15.4 Å². The lowest BCUT2D eigenvalue weighted by Crippen LogP contribution is -2.45. The Bertz CT molecular complexity index is 1380. The average molecular weight is 519 g/mol. The van der Waals surface area contributed by atoms with Crippen LogP contribution in [0.5, 0.6) is 5.75 Å². The van der Waals surface area contributed by atoms with Gasteiger partial charge >= 0.3 is 0 Å². The lowest BCUT2D eigenvalue weighted by molar-refractivity contribution is -0.119. The molecule has 1 aliphatic heterocycles. The highest BCUT2D eigenvalue weighted by Crippen LogP contribution is 2.37. The lowest BCUT2D eigenvalue weighted by atomic mass is 9.97. The molecule has 1 aliphatic rings. The van der Waals surface area contributed by atoms with E-state index < -0.39 is 38.8 Å². The predicted octanol–water partition coefficient (Wildman–Crippen LogP) is 2.19. The van der Waals surface area contributed by atoms with Crippen molar-refractivity contribution in [2.45, 2.75) is 43.7 Å². The Morgan fingerprint density at radius 3 is 2.53 bits per heavy atom. The number of aromatic nitrogens is 2. The van der Waals surface area contributed by atoms with Crippen LogP contribution in [0.3, 0.4) is 0 Å². The summed E-state index contributed by atoms with van der Waals surface area (Å²) in [6, 6.07) is 7.48. The van der Waals surface area contributed by atoms with Gasteiger partial charge in [-0.2, -0.15) is 0 Å². The summed E-state index contributed by atoms with van der Waals surface area (Å²) in [6.45, 7) is 5.52. The summed E-state index contributed by atoms with van der Waals surface area (Å²) in [5, 5.41) is 16.8. The number of benzene rings is 2. The van der Waals surface area contributed by atoms with Crippen LogP contribution in [0.1, 0.15) is 32.2 Å². The van der Waals surface area contributed by atoms with Gasteiger partial charge in [0, 0.05) is 5.41 Å². The van der Waals surface area contributed by atoms with Crippen LogP contribution in [-0.4, -0.2) is 54.6 Å². The number of carbonyl (C=O) groups excluding carboxylic acids is 1. The third-order valence-corrected chi connectivity index (χ3v) is 7.37. The zero-order valence-electron chi connectivity index (χ0n) is 20.1. The number of nitrogens with zero attached hydrogens (tertiary/aromatic N) is 3. The first-order valence-electron chi connectivity index (χ1n) is 11.2. The number of halogens is 1. The van der Waals surface area contributed by atoms with E-state index in [1.165, 1.54) is 11.0 Å². The van der Waals surface area contributed by atoms with Crippen LogP contribution >= 0.6 is 0 Å². The normalized spacial score (nSPS) is 17.6. The van der Waals surface area contributed by atoms with E-state index in [2.05, 4.69) is 10.2 Å². The fraction of sp³-hybridized carbons (Fsp3) is 0.375. The SMILES string of the molecule is CC(C)(C)c1nnc(-c2cc3c(cc2F)S(=O)(=O)C[C@H](N)C(=O)N3Cc2ccc(OCCO)cc2)o1. The third kappa shape index (κ3) is 5.11. The van der Waals surface area contributed by atoms with E-state index in [1.807, 2.05) is 20.8 Å². The molecule has 1 amide bonds. The summed E-state index contributed by atoms with van der Waals surface area (Å²) >= 11 is 0. The number of carbonyl (C=O) groups is 1. The molecule has 192 valence electrons. The molecule has 0 radical (unpaired) electrons. The van der Waals surface area contributed by atoms with Crippen molar-refractivity contribution in [3.05, 3.63) is 53.7 Å². The van der Waals surface area contributed by atoms with Crippen LogP contribution in [0.4, 0.5) is 10.1 Å². The molecule has 36 heavy (non-hydrogen) atoms. The van der Waals surface area contributed by atoms with Crippen molar-refractivity contribution in [1.82, 2.24) is 10.2 Å². The molecular formula is C24H27FN4O6S. The zero-order valence-corrected chi connectivity index (χ0v) is 20.9. The van der Waals surface area contributed by atoms with Gasteiger partial charge in [0.25, 0.3) is 5.89 Å². The van der Waals surface area contributed by atoms with Gasteiger partial charge in [0.15, 0.2) is 9.84 Å². The van der Waals surface area contributed by atoms with E-state index >= 15 is 4.39 Å². The molecule has 3 N–H and O–H groups in total. The number of hydrogen-bond acceptors (Lipinski definition) is 9. The molecule has 12 heteroatoms. The van der Waals surface area contributed by atoms with Crippen molar-refractivity contribution in [3.8, 4) is 17.2 Å². The first-order chi connectivity index (χ1) is 16.9. The quantitative estimate of drug-likeness (QED) is 0.501. The molecule has 10 nitrogen and oxygen atoms in total. The van der Waals surface area contributed by atoms with Crippen LogP contribution in [0.25, 0.3) is 11.5 Å². The maximum atomic E-state index is 15.2. The van der Waals surface area contributed by atoms with Gasteiger partial charge in [-0.05, 0) is 29.8 Å². The zero-order chi connectivity index (χ0) is 26.3. The lowest BCUT2D eigenvalue weighted by Gasteiger charge is -2.24. The Balaban J connectivity index is 1.80. The summed E-state index contributed by atoms with van der Waals surface area (Å²) in [7, 11) is -4.08. The molecule has 0 fully saturated rings. The Morgan fingerprint density at radius 2 is 1.92 bits per heavy atom. The highest BCUT2D eigenvalue weighted by atomic mass is 32.2. The molecule has 0 aliphatic carbocycles. The molecule has 3 aromatic rings. The molecule has 0 unspecified atom stereocenters. The first-order valence-corrected chi connectivity index (χ1v) is 12.9. The number of amides is 1. The number of aliphatic hydroxyl groups is 1. The molecule has 2 aromatic carbocycles. The number of hydrogen-bond donors (Lipinski definition) is 2. The van der Waals surface area contributed by atoms with E-state index in [0.717, 1.165) is 6.07 Å². The van der Waals surface area contributed by atoms with Gasteiger partial charge in [0.05, 0.1) is 41.1 Å². The number of rotatable bonds is 6. The molecular weight excluding hydrogens is 491 g/mol. The number of fused-ring (bicyclic) bond motifs is 1. The molecule has 0 spiro atoms. The van der Waals surface area contributed by atoms with Gasteiger partial charge in [-0.25, -0.2) is 12.8 Å². The summed E-state index contributed by atoms with van der Waals surface area (Å²) in [4.78, 5) is 14.1. The summed E-state index contributed by atoms with van der Waals surface area (Å²) < 4.78 is 52.2. The molecule has 1 atom stereocenters. The van der Waals surface area contributed by atoms with E-state index in [1.54, 1.807) is 24.3 Å². The summed E-state index contributed by atoms with van der Waals surface area (Å²) in [5.74, 6) is -1.50. The van der Waals surface area contributed by atoms with Crippen LogP contribution in [0.2, 0.25) is 0 Å². The second-order valence-corrected chi connectivity index (χ2v) is 11.5. The maximum Gasteiger partial charge on any atom is 0.250 e. The number of ether oxygens (including phenoxy) is 1. The highest BCUT2D eigenvalue weighted by molar-refractivity contribution is 7.91. The van der Waals surface area contributed by atoms with E-state index in [4.69, 9.17) is 20.0 Å². The second kappa shape index (κ2) is 9.60. The van der Waals surface area contributed by atoms with Crippen molar-refractivity contribution in [1.29, 1.82) is 0 Å². The number of sulfone groups is 1. The minimum atomic E-state index is -4.08. The summed E-state index contributed by atoms with van der Waals surface area (Å²) in [6.07, 6.45) is 0. The monoisotopic (exact) mass is 518 g/mol. The van der Waals surface area contributed by atoms with E-state index in [0.29, 0.717) is 11.3 Å². The predicted molar refractivity (Wildman–Crippen MR) is 129 cm³/mol. The summed E-state index contributed by atoms with van der Waals surface area (Å²) in [5.41, 5.74) is 5.95. The van der Waals surface area contributed by atoms with Crippen molar-refractivity contribution >= 4 is 21.4 Å². The largest absolute Gasteiger partial charge is 0.491 e. The van der Waals surface area contributed by atoms with Gasteiger partial charge in [0.1, 0.15) is 18.2 Å². The van der Waals surface area contributed by atoms with E-state index in [9.17, 15) is 13.2 Å². The molecule has 0 saturated heterocycles. The van der Waals surface area contributed by atoms with Crippen LogP contribution in [0, 0.1) is 5.82 Å². The maximum absolute atomic E-state index is 15.2. The Labute approximate surface area is 207 Å². The molecule has 2 heterocycles. The molecule has 4 rings (SSSR count). The van der Waals surface area contributed by atoms with Gasteiger partial charge in [-0.1, -0.05) is 32.9 Å². The average Bonchev–Trinajstić information content (AvgIpc) is 3.30. The van der Waals surface area contributed by atoms with Gasteiger partial charge in [0.2, 0.25) is 11.8 Å². The topological polar surface area (TPSA) is 149 Å². The van der Waals surface area contributed by atoms with Crippen LogP contribution in [-0.2, 0) is 26.6 Å².